The van der Waals surface area contributed by atoms with E-state index < -0.39 is 48.5 Å². The maximum atomic E-state index is 13.2. The Kier molecular flexibility index (Phi) is 12.9. The number of rotatable bonds is 14. The van der Waals surface area contributed by atoms with Crippen LogP contribution >= 0.6 is 31.9 Å². The summed E-state index contributed by atoms with van der Waals surface area (Å²) >= 11 is 6.69. The molecule has 0 aromatic rings. The molecule has 2 heterocycles. The highest BCUT2D eigenvalue weighted by Crippen LogP contribution is 2.67. The van der Waals surface area contributed by atoms with Gasteiger partial charge in [0.05, 0.1) is 12.2 Å². The summed E-state index contributed by atoms with van der Waals surface area (Å²) < 4.78 is 35.4. The predicted octanol–water partition coefficient (Wildman–Crippen LogP) is 6.75. The third-order valence-electron chi connectivity index (χ3n) is 15.0. The maximum Gasteiger partial charge on any atom is 0.349 e. The van der Waals surface area contributed by atoms with E-state index in [4.69, 9.17) is 28.4 Å². The lowest BCUT2D eigenvalue weighted by Crippen LogP contribution is -2.46. The Balaban J connectivity index is 0.980. The van der Waals surface area contributed by atoms with Crippen molar-refractivity contribution in [1.29, 1.82) is 0 Å². The third kappa shape index (κ3) is 7.97. The van der Waals surface area contributed by atoms with Gasteiger partial charge in [-0.15, -0.1) is 0 Å². The SMILES string of the molecule is CC(C)[C@H](NC1=C(Br)C(=O)O[C@@H]1O[C@@H]1C[C@@H]2CC[C@@]1(C)C2(C)C)C(=O)OCC#CC#CCOC(=O)[C@@H](NC1=C(Br)C(=O)O[C@@H]1O[C@@H]1C[C@@H]2CC[C@@]1(C)C2(C)C)C(C)C. The van der Waals surface area contributed by atoms with Crippen LogP contribution in [-0.4, -0.2) is 74.0 Å². The average Bonchev–Trinajstić information content (AvgIpc) is 3.83. The highest BCUT2D eigenvalue weighted by molar-refractivity contribution is 9.12. The van der Waals surface area contributed by atoms with Crippen LogP contribution < -0.4 is 10.6 Å². The zero-order valence-electron chi connectivity index (χ0n) is 35.3. The van der Waals surface area contributed by atoms with Gasteiger partial charge in [-0.2, -0.15) is 0 Å². The van der Waals surface area contributed by atoms with Gasteiger partial charge in [-0.3, -0.25) is 0 Å². The van der Waals surface area contributed by atoms with Gasteiger partial charge in [-0.1, -0.05) is 69.2 Å². The first-order valence-electron chi connectivity index (χ1n) is 20.5. The Morgan fingerprint density at radius 1 is 0.690 bits per heavy atom. The fourth-order valence-electron chi connectivity index (χ4n) is 10.2. The van der Waals surface area contributed by atoms with Gasteiger partial charge in [0, 0.05) is 0 Å². The summed E-state index contributed by atoms with van der Waals surface area (Å²) in [5, 5.41) is 6.34. The molecule has 0 aromatic carbocycles. The fraction of sp³-hybridized carbons (Fsp3) is 0.727. The molecule has 12 nitrogen and oxygen atoms in total. The molecule has 318 valence electrons. The lowest BCUT2D eigenvalue weighted by molar-refractivity contribution is -0.185. The van der Waals surface area contributed by atoms with E-state index in [1.807, 2.05) is 27.7 Å². The number of hydrogen-bond donors (Lipinski definition) is 2. The molecule has 58 heavy (non-hydrogen) atoms. The lowest BCUT2D eigenvalue weighted by Gasteiger charge is -2.39. The second-order valence-corrected chi connectivity index (χ2v) is 20.5. The van der Waals surface area contributed by atoms with E-state index in [9.17, 15) is 19.2 Å². The number of carbonyl (C=O) groups excluding carboxylic acids is 4. The molecule has 0 unspecified atom stereocenters. The zero-order valence-corrected chi connectivity index (χ0v) is 38.4. The summed E-state index contributed by atoms with van der Waals surface area (Å²) in [4.78, 5) is 51.7. The van der Waals surface area contributed by atoms with E-state index in [-0.39, 0.29) is 67.9 Å². The largest absolute Gasteiger partial charge is 0.451 e. The molecule has 0 amide bonds. The van der Waals surface area contributed by atoms with E-state index in [1.165, 1.54) is 0 Å². The molecule has 0 spiro atoms. The van der Waals surface area contributed by atoms with Crippen LogP contribution in [0.5, 0.6) is 0 Å². The first-order valence-corrected chi connectivity index (χ1v) is 22.1. The molecule has 4 saturated carbocycles. The number of hydrogen-bond acceptors (Lipinski definition) is 12. The first-order chi connectivity index (χ1) is 27.1. The minimum Gasteiger partial charge on any atom is -0.451 e. The van der Waals surface area contributed by atoms with Gasteiger partial charge in [-0.05, 0) is 139 Å². The summed E-state index contributed by atoms with van der Waals surface area (Å²) in [5.41, 5.74) is 0.848. The van der Waals surface area contributed by atoms with Gasteiger partial charge in [0.25, 0.3) is 0 Å². The van der Waals surface area contributed by atoms with Gasteiger partial charge in [0.2, 0.25) is 12.6 Å². The number of fused-ring (bicyclic) bond motifs is 4. The van der Waals surface area contributed by atoms with Crippen molar-refractivity contribution in [2.75, 3.05) is 13.2 Å². The Morgan fingerprint density at radius 3 is 1.34 bits per heavy atom. The van der Waals surface area contributed by atoms with E-state index in [0.29, 0.717) is 23.2 Å². The summed E-state index contributed by atoms with van der Waals surface area (Å²) in [5.74, 6) is 9.05. The van der Waals surface area contributed by atoms with Crippen molar-refractivity contribution in [3.05, 3.63) is 20.4 Å². The number of carbonyl (C=O) groups is 4. The van der Waals surface area contributed by atoms with Crippen LogP contribution in [-0.2, 0) is 47.6 Å². The van der Waals surface area contributed by atoms with Crippen molar-refractivity contribution in [2.24, 2.45) is 45.3 Å². The smallest absolute Gasteiger partial charge is 0.349 e. The number of cyclic esters (lactones) is 2. The van der Waals surface area contributed by atoms with Gasteiger partial charge >= 0.3 is 23.9 Å². The fourth-order valence-corrected chi connectivity index (χ4v) is 10.9. The molecule has 0 aromatic heterocycles. The third-order valence-corrected chi connectivity index (χ3v) is 16.5. The molecule has 2 aliphatic heterocycles. The monoisotopic (exact) mass is 932 g/mol. The Morgan fingerprint density at radius 2 is 1.05 bits per heavy atom. The molecule has 4 aliphatic carbocycles. The lowest BCUT2D eigenvalue weighted by atomic mass is 9.70. The quantitative estimate of drug-likeness (QED) is 0.108. The molecule has 4 bridgehead atoms. The normalized spacial score (nSPS) is 33.7. The van der Waals surface area contributed by atoms with Crippen molar-refractivity contribution >= 4 is 55.7 Å². The molecular weight excluding hydrogens is 876 g/mol. The maximum absolute atomic E-state index is 13.2. The van der Waals surface area contributed by atoms with Crippen LogP contribution in [0.1, 0.15) is 108 Å². The van der Waals surface area contributed by atoms with Crippen molar-refractivity contribution in [3.8, 4) is 23.7 Å². The Hall–Kier alpha value is -3.04. The van der Waals surface area contributed by atoms with Crippen LogP contribution in [0, 0.1) is 69.0 Å². The number of halogens is 2. The van der Waals surface area contributed by atoms with Crippen LogP contribution in [0.25, 0.3) is 0 Å². The second kappa shape index (κ2) is 16.8. The van der Waals surface area contributed by atoms with Crippen molar-refractivity contribution in [3.63, 3.8) is 0 Å². The van der Waals surface area contributed by atoms with Crippen LogP contribution in [0.2, 0.25) is 0 Å². The second-order valence-electron chi connectivity index (χ2n) is 19.0. The molecule has 0 radical (unpaired) electrons. The van der Waals surface area contributed by atoms with E-state index >= 15 is 0 Å². The van der Waals surface area contributed by atoms with Gasteiger partial charge in [-0.25, -0.2) is 19.2 Å². The van der Waals surface area contributed by atoms with Crippen LogP contribution in [0.15, 0.2) is 20.4 Å². The zero-order chi connectivity index (χ0) is 42.5. The summed E-state index contributed by atoms with van der Waals surface area (Å²) in [6.45, 7) is 20.6. The number of esters is 4. The standard InChI is InChI=1S/C44H58Br2N2O10/c1-23(2)31(47-33-29(45)35(49)57-39(33)55-27-21-25-15-17-43(27,9)41(25,5)6)37(51)53-19-13-11-12-14-20-54-38(52)32(24(3)4)48-34-30(46)36(50)58-40(34)56-28-22-26-16-18-44(28,10)42(26,7)8/h23-28,31-32,39-40,47-48H,15-22H2,1-10H3/t25-,26-,27+,28+,31-,32-,39-,40-,43+,44+/m0/s1. The van der Waals surface area contributed by atoms with E-state index in [2.05, 4.69) is 108 Å². The van der Waals surface area contributed by atoms with E-state index in [0.717, 1.165) is 38.5 Å². The van der Waals surface area contributed by atoms with Crippen LogP contribution in [0.3, 0.4) is 0 Å². The summed E-state index contributed by atoms with van der Waals surface area (Å²) in [7, 11) is 0. The minimum absolute atomic E-state index is 0.0501. The molecule has 0 saturated heterocycles. The van der Waals surface area contributed by atoms with Crippen LogP contribution in [0.4, 0.5) is 0 Å². The topological polar surface area (TPSA) is 148 Å². The highest BCUT2D eigenvalue weighted by atomic mass is 79.9. The molecule has 6 rings (SSSR count). The molecule has 14 heteroatoms. The predicted molar refractivity (Wildman–Crippen MR) is 221 cm³/mol. The molecule has 2 N–H and O–H groups in total. The summed E-state index contributed by atoms with van der Waals surface area (Å²) in [6.07, 6.45) is 4.07. The van der Waals surface area contributed by atoms with Gasteiger partial charge < -0.3 is 39.1 Å². The molecule has 10 atom stereocenters. The minimum atomic E-state index is -0.970. The first kappa shape index (κ1) is 44.5. The average molecular weight is 935 g/mol. The number of ether oxygens (including phenoxy) is 6. The molecule has 6 aliphatic rings. The Bertz CT molecular complexity index is 1750. The molecular formula is C44H58Br2N2O10. The highest BCUT2D eigenvalue weighted by Gasteiger charge is 2.64. The van der Waals surface area contributed by atoms with Crippen molar-refractivity contribution in [1.82, 2.24) is 10.6 Å². The number of nitrogens with one attached hydrogen (secondary N) is 2. The van der Waals surface area contributed by atoms with Gasteiger partial charge in [0.1, 0.15) is 32.4 Å². The Labute approximate surface area is 359 Å². The van der Waals surface area contributed by atoms with Crippen molar-refractivity contribution in [2.45, 2.75) is 145 Å². The van der Waals surface area contributed by atoms with Crippen molar-refractivity contribution < 1.29 is 47.6 Å². The van der Waals surface area contributed by atoms with Gasteiger partial charge in [0.15, 0.2) is 13.2 Å². The summed E-state index contributed by atoms with van der Waals surface area (Å²) in [6, 6.07) is -1.63. The van der Waals surface area contributed by atoms with E-state index in [1.54, 1.807) is 0 Å². The molecule has 4 fully saturated rings.